The second-order valence-corrected chi connectivity index (χ2v) is 6.60. The van der Waals surface area contributed by atoms with E-state index in [1.54, 1.807) is 4.90 Å². The van der Waals surface area contributed by atoms with Crippen LogP contribution in [0.3, 0.4) is 0 Å². The van der Waals surface area contributed by atoms with Crippen LogP contribution in [0.4, 0.5) is 10.1 Å². The molecule has 0 bridgehead atoms. The van der Waals surface area contributed by atoms with E-state index >= 15 is 0 Å². The van der Waals surface area contributed by atoms with Crippen molar-refractivity contribution in [3.63, 3.8) is 0 Å². The van der Waals surface area contributed by atoms with Crippen LogP contribution in [-0.4, -0.2) is 37.0 Å². The fourth-order valence-electron chi connectivity index (χ4n) is 3.14. The van der Waals surface area contributed by atoms with Crippen LogP contribution in [0, 0.1) is 19.7 Å². The zero-order valence-electron chi connectivity index (χ0n) is 13.9. The summed E-state index contributed by atoms with van der Waals surface area (Å²) in [4.78, 5) is 16.6. The maximum atomic E-state index is 13.4. The van der Waals surface area contributed by atoms with E-state index in [4.69, 9.17) is 11.6 Å². The number of nitrogens with zero attached hydrogens (tertiary/aromatic N) is 2. The van der Waals surface area contributed by atoms with Gasteiger partial charge in [-0.1, -0.05) is 29.3 Å². The van der Waals surface area contributed by atoms with Crippen molar-refractivity contribution in [1.29, 1.82) is 0 Å². The lowest BCUT2D eigenvalue weighted by molar-refractivity contribution is 0.0746. The van der Waals surface area contributed by atoms with Gasteiger partial charge in [0.1, 0.15) is 5.82 Å². The number of hydrogen-bond donors (Lipinski definition) is 0. The highest BCUT2D eigenvalue weighted by atomic mass is 35.5. The zero-order chi connectivity index (χ0) is 17.3. The van der Waals surface area contributed by atoms with Crippen molar-refractivity contribution < 1.29 is 9.18 Å². The molecule has 3 nitrogen and oxygen atoms in total. The summed E-state index contributed by atoms with van der Waals surface area (Å²) in [6, 6.07) is 10.3. The molecule has 1 saturated heterocycles. The van der Waals surface area contributed by atoms with Crippen molar-refractivity contribution in [2.45, 2.75) is 13.8 Å². The highest BCUT2D eigenvalue weighted by molar-refractivity contribution is 6.33. The average molecular weight is 347 g/mol. The van der Waals surface area contributed by atoms with Gasteiger partial charge in [-0.05, 0) is 43.7 Å². The molecule has 24 heavy (non-hydrogen) atoms. The largest absolute Gasteiger partial charge is 0.368 e. The topological polar surface area (TPSA) is 23.6 Å². The number of piperazine rings is 1. The molecule has 2 aromatic carbocycles. The van der Waals surface area contributed by atoms with E-state index in [2.05, 4.69) is 36.9 Å². The van der Waals surface area contributed by atoms with Gasteiger partial charge in [0.15, 0.2) is 0 Å². The highest BCUT2D eigenvalue weighted by Crippen LogP contribution is 2.24. The van der Waals surface area contributed by atoms with Crippen LogP contribution in [0.2, 0.25) is 5.02 Å². The molecule has 0 aromatic heterocycles. The third-order valence-corrected chi connectivity index (χ3v) is 4.75. The third-order valence-electron chi connectivity index (χ3n) is 4.42. The standard InChI is InChI=1S/C19H20ClFN2O/c1-13-3-6-18(14(2)11-13)22-7-9-23(10-8-22)19(24)16-12-15(21)4-5-17(16)20/h3-6,11-12H,7-10H2,1-2H3. The predicted molar refractivity (Wildman–Crippen MR) is 95.4 cm³/mol. The first-order valence-corrected chi connectivity index (χ1v) is 8.40. The molecule has 0 spiro atoms. The molecular weight excluding hydrogens is 327 g/mol. The number of carbonyl (C=O) groups is 1. The van der Waals surface area contributed by atoms with E-state index in [-0.39, 0.29) is 11.5 Å². The lowest BCUT2D eigenvalue weighted by atomic mass is 10.1. The summed E-state index contributed by atoms with van der Waals surface area (Å²) in [5.74, 6) is -0.656. The zero-order valence-corrected chi connectivity index (χ0v) is 14.6. The summed E-state index contributed by atoms with van der Waals surface area (Å²) in [5, 5.41) is 0.290. The molecule has 126 valence electrons. The Bertz CT molecular complexity index is 770. The summed E-state index contributed by atoms with van der Waals surface area (Å²) < 4.78 is 13.4. The fourth-order valence-corrected chi connectivity index (χ4v) is 3.34. The van der Waals surface area contributed by atoms with Gasteiger partial charge in [0.05, 0.1) is 10.6 Å². The molecule has 0 aliphatic carbocycles. The van der Waals surface area contributed by atoms with Gasteiger partial charge in [-0.15, -0.1) is 0 Å². The van der Waals surface area contributed by atoms with Crippen LogP contribution in [-0.2, 0) is 0 Å². The molecule has 1 heterocycles. The molecule has 0 saturated carbocycles. The van der Waals surface area contributed by atoms with Crippen molar-refractivity contribution in [2.75, 3.05) is 31.1 Å². The number of amides is 1. The quantitative estimate of drug-likeness (QED) is 0.818. The Morgan fingerprint density at radius 1 is 1.04 bits per heavy atom. The minimum atomic E-state index is -0.448. The number of benzene rings is 2. The van der Waals surface area contributed by atoms with E-state index in [1.807, 2.05) is 0 Å². The second-order valence-electron chi connectivity index (χ2n) is 6.19. The molecule has 3 rings (SSSR count). The Balaban J connectivity index is 1.70. The van der Waals surface area contributed by atoms with E-state index < -0.39 is 5.82 Å². The van der Waals surface area contributed by atoms with Crippen LogP contribution in [0.25, 0.3) is 0 Å². The minimum absolute atomic E-state index is 0.209. The van der Waals surface area contributed by atoms with Gasteiger partial charge in [0.25, 0.3) is 5.91 Å². The molecule has 1 fully saturated rings. The molecule has 1 amide bonds. The van der Waals surface area contributed by atoms with Gasteiger partial charge in [0.2, 0.25) is 0 Å². The summed E-state index contributed by atoms with van der Waals surface area (Å²) in [6.45, 7) is 6.88. The Labute approximate surface area is 146 Å². The number of aryl methyl sites for hydroxylation is 2. The Morgan fingerprint density at radius 3 is 2.42 bits per heavy atom. The maximum absolute atomic E-state index is 13.4. The molecule has 0 atom stereocenters. The minimum Gasteiger partial charge on any atom is -0.368 e. The predicted octanol–water partition coefficient (Wildman–Crippen LogP) is 4.06. The van der Waals surface area contributed by atoms with Crippen LogP contribution in [0.5, 0.6) is 0 Å². The van der Waals surface area contributed by atoms with Crippen LogP contribution in [0.1, 0.15) is 21.5 Å². The van der Waals surface area contributed by atoms with Crippen LogP contribution < -0.4 is 4.90 Å². The second kappa shape index (κ2) is 6.81. The van der Waals surface area contributed by atoms with Crippen molar-refractivity contribution in [2.24, 2.45) is 0 Å². The monoisotopic (exact) mass is 346 g/mol. The van der Waals surface area contributed by atoms with Crippen molar-refractivity contribution in [3.05, 3.63) is 63.9 Å². The van der Waals surface area contributed by atoms with Gasteiger partial charge in [-0.25, -0.2) is 4.39 Å². The summed E-state index contributed by atoms with van der Waals surface area (Å²) >= 11 is 6.05. The average Bonchev–Trinajstić information content (AvgIpc) is 2.57. The molecule has 1 aliphatic rings. The molecule has 2 aromatic rings. The molecule has 0 unspecified atom stereocenters. The molecular formula is C19H20ClFN2O. The Morgan fingerprint density at radius 2 is 1.75 bits per heavy atom. The first-order chi connectivity index (χ1) is 11.5. The third kappa shape index (κ3) is 3.39. The summed E-state index contributed by atoms with van der Waals surface area (Å²) in [6.07, 6.45) is 0. The van der Waals surface area contributed by atoms with Gasteiger partial charge in [0, 0.05) is 31.9 Å². The van der Waals surface area contributed by atoms with Gasteiger partial charge in [-0.2, -0.15) is 0 Å². The summed E-state index contributed by atoms with van der Waals surface area (Å²) in [7, 11) is 0. The summed E-state index contributed by atoms with van der Waals surface area (Å²) in [5.41, 5.74) is 3.92. The molecule has 0 radical (unpaired) electrons. The Kier molecular flexibility index (Phi) is 4.76. The number of carbonyl (C=O) groups excluding carboxylic acids is 1. The van der Waals surface area contributed by atoms with Crippen LogP contribution in [0.15, 0.2) is 36.4 Å². The van der Waals surface area contributed by atoms with Crippen molar-refractivity contribution in [1.82, 2.24) is 4.90 Å². The number of hydrogen-bond acceptors (Lipinski definition) is 2. The molecule has 5 heteroatoms. The first kappa shape index (κ1) is 16.8. The number of halogens is 2. The maximum Gasteiger partial charge on any atom is 0.255 e. The molecule has 1 aliphatic heterocycles. The van der Waals surface area contributed by atoms with E-state index in [1.165, 1.54) is 35.0 Å². The van der Waals surface area contributed by atoms with Crippen molar-refractivity contribution in [3.8, 4) is 0 Å². The van der Waals surface area contributed by atoms with E-state index in [9.17, 15) is 9.18 Å². The van der Waals surface area contributed by atoms with Gasteiger partial charge < -0.3 is 9.80 Å². The smallest absolute Gasteiger partial charge is 0.255 e. The van der Waals surface area contributed by atoms with E-state index in [0.29, 0.717) is 18.1 Å². The number of rotatable bonds is 2. The van der Waals surface area contributed by atoms with Gasteiger partial charge in [-0.3, -0.25) is 4.79 Å². The van der Waals surface area contributed by atoms with Crippen molar-refractivity contribution >= 4 is 23.2 Å². The fraction of sp³-hybridized carbons (Fsp3) is 0.316. The first-order valence-electron chi connectivity index (χ1n) is 8.02. The number of anilines is 1. The van der Waals surface area contributed by atoms with Gasteiger partial charge >= 0.3 is 0 Å². The highest BCUT2D eigenvalue weighted by Gasteiger charge is 2.24. The van der Waals surface area contributed by atoms with Crippen LogP contribution >= 0.6 is 11.6 Å². The SMILES string of the molecule is Cc1ccc(N2CCN(C(=O)c3cc(F)ccc3Cl)CC2)c(C)c1. The Hall–Kier alpha value is -2.07. The van der Waals surface area contributed by atoms with E-state index in [0.717, 1.165) is 13.1 Å². The lowest BCUT2D eigenvalue weighted by Crippen LogP contribution is -2.49. The molecule has 0 N–H and O–H groups in total. The lowest BCUT2D eigenvalue weighted by Gasteiger charge is -2.37. The normalized spacial score (nSPS) is 14.8.